The molecule has 7 heteroatoms. The average Bonchev–Trinajstić information content (AvgIpc) is 2.69. The standard InChI is InChI=1S/C20H22ClN3O3/c1-13-5-7-24(8-6-13)16-9-15(11-22-12-16)19(25)23-18-10-14(20(26)27-2)3-4-17(18)21/h3-4,9-13H,5-8H2,1-2H3,(H,23,25). The second kappa shape index (κ2) is 8.39. The van der Waals surface area contributed by atoms with E-state index in [2.05, 4.69) is 22.1 Å². The van der Waals surface area contributed by atoms with Crippen LogP contribution in [0.3, 0.4) is 0 Å². The number of benzene rings is 1. The van der Waals surface area contributed by atoms with Crippen LogP contribution < -0.4 is 10.2 Å². The zero-order valence-corrected chi connectivity index (χ0v) is 16.1. The van der Waals surface area contributed by atoms with E-state index in [1.165, 1.54) is 19.4 Å². The van der Waals surface area contributed by atoms with Gasteiger partial charge in [-0.1, -0.05) is 18.5 Å². The van der Waals surface area contributed by atoms with E-state index in [4.69, 9.17) is 16.3 Å². The summed E-state index contributed by atoms with van der Waals surface area (Å²) >= 11 is 6.15. The fourth-order valence-electron chi connectivity index (χ4n) is 3.05. The molecule has 0 saturated carbocycles. The second-order valence-electron chi connectivity index (χ2n) is 6.74. The van der Waals surface area contributed by atoms with Crippen molar-refractivity contribution in [3.05, 3.63) is 52.8 Å². The molecule has 0 atom stereocenters. The van der Waals surface area contributed by atoms with E-state index in [9.17, 15) is 9.59 Å². The number of methoxy groups -OCH3 is 1. The lowest BCUT2D eigenvalue weighted by Gasteiger charge is -2.32. The summed E-state index contributed by atoms with van der Waals surface area (Å²) in [5, 5.41) is 3.08. The first-order valence-corrected chi connectivity index (χ1v) is 9.25. The molecule has 1 amide bonds. The van der Waals surface area contributed by atoms with Gasteiger partial charge in [-0.15, -0.1) is 0 Å². The number of pyridine rings is 1. The molecule has 6 nitrogen and oxygen atoms in total. The lowest BCUT2D eigenvalue weighted by atomic mass is 9.99. The largest absolute Gasteiger partial charge is 0.465 e. The summed E-state index contributed by atoms with van der Waals surface area (Å²) in [7, 11) is 1.30. The molecule has 3 rings (SSSR count). The molecule has 1 fully saturated rings. The molecule has 1 aliphatic heterocycles. The van der Waals surface area contributed by atoms with Crippen molar-refractivity contribution in [3.63, 3.8) is 0 Å². The monoisotopic (exact) mass is 387 g/mol. The number of rotatable bonds is 4. The minimum atomic E-state index is -0.495. The Morgan fingerprint density at radius 2 is 1.93 bits per heavy atom. The molecule has 2 aromatic rings. The van der Waals surface area contributed by atoms with Gasteiger partial charge in [0, 0.05) is 19.3 Å². The summed E-state index contributed by atoms with van der Waals surface area (Å²) in [5.74, 6) is -0.103. The topological polar surface area (TPSA) is 71.5 Å². The molecule has 27 heavy (non-hydrogen) atoms. The highest BCUT2D eigenvalue weighted by molar-refractivity contribution is 6.34. The number of amides is 1. The number of anilines is 2. The number of ether oxygens (including phenoxy) is 1. The van der Waals surface area contributed by atoms with Crippen molar-refractivity contribution < 1.29 is 14.3 Å². The number of nitrogens with one attached hydrogen (secondary N) is 1. The number of carbonyl (C=O) groups excluding carboxylic acids is 2. The maximum atomic E-state index is 12.7. The van der Waals surface area contributed by atoms with Crippen LogP contribution >= 0.6 is 11.6 Å². The number of hydrogen-bond donors (Lipinski definition) is 1. The summed E-state index contributed by atoms with van der Waals surface area (Å²) in [5.41, 5.74) is 2.03. The Kier molecular flexibility index (Phi) is 5.96. The molecule has 0 bridgehead atoms. The van der Waals surface area contributed by atoms with Crippen LogP contribution in [0.5, 0.6) is 0 Å². The average molecular weight is 388 g/mol. The Labute approximate surface area is 163 Å². The molecule has 1 saturated heterocycles. The fraction of sp³-hybridized carbons (Fsp3) is 0.350. The normalized spacial score (nSPS) is 14.7. The maximum absolute atomic E-state index is 12.7. The minimum absolute atomic E-state index is 0.312. The summed E-state index contributed by atoms with van der Waals surface area (Å²) in [4.78, 5) is 30.8. The van der Waals surface area contributed by atoms with Crippen LogP contribution in [-0.2, 0) is 4.74 Å². The highest BCUT2D eigenvalue weighted by Crippen LogP contribution is 2.26. The second-order valence-corrected chi connectivity index (χ2v) is 7.15. The lowest BCUT2D eigenvalue weighted by Crippen LogP contribution is -2.33. The van der Waals surface area contributed by atoms with Crippen molar-refractivity contribution in [1.29, 1.82) is 0 Å². The van der Waals surface area contributed by atoms with Crippen LogP contribution in [0.15, 0.2) is 36.7 Å². The number of nitrogens with zero attached hydrogens (tertiary/aromatic N) is 2. The van der Waals surface area contributed by atoms with E-state index in [1.807, 2.05) is 6.07 Å². The van der Waals surface area contributed by atoms with Gasteiger partial charge in [0.2, 0.25) is 0 Å². The third kappa shape index (κ3) is 4.57. The maximum Gasteiger partial charge on any atom is 0.337 e. The van der Waals surface area contributed by atoms with E-state index in [0.29, 0.717) is 21.8 Å². The molecule has 0 spiro atoms. The summed E-state index contributed by atoms with van der Waals surface area (Å²) < 4.78 is 4.70. The predicted octanol–water partition coefficient (Wildman–Crippen LogP) is 4.01. The zero-order chi connectivity index (χ0) is 19.4. The Morgan fingerprint density at radius 1 is 1.19 bits per heavy atom. The molecular weight excluding hydrogens is 366 g/mol. The van der Waals surface area contributed by atoms with Gasteiger partial charge in [-0.05, 0) is 43.0 Å². The molecule has 1 aliphatic rings. The summed E-state index contributed by atoms with van der Waals surface area (Å²) in [6, 6.07) is 6.42. The van der Waals surface area contributed by atoms with Crippen molar-refractivity contribution in [2.45, 2.75) is 19.8 Å². The third-order valence-electron chi connectivity index (χ3n) is 4.77. The van der Waals surface area contributed by atoms with Crippen molar-refractivity contribution in [1.82, 2.24) is 4.98 Å². The zero-order valence-electron chi connectivity index (χ0n) is 15.4. The van der Waals surface area contributed by atoms with Gasteiger partial charge >= 0.3 is 5.97 Å². The smallest absolute Gasteiger partial charge is 0.337 e. The molecule has 1 aromatic heterocycles. The molecule has 2 heterocycles. The SMILES string of the molecule is COC(=O)c1ccc(Cl)c(NC(=O)c2cncc(N3CCC(C)CC3)c2)c1. The van der Waals surface area contributed by atoms with E-state index in [-0.39, 0.29) is 5.91 Å². The summed E-state index contributed by atoms with van der Waals surface area (Å²) in [6.45, 7) is 4.17. The Hall–Kier alpha value is -2.60. The molecule has 142 valence electrons. The predicted molar refractivity (Wildman–Crippen MR) is 106 cm³/mol. The highest BCUT2D eigenvalue weighted by Gasteiger charge is 2.18. The molecule has 1 aromatic carbocycles. The third-order valence-corrected chi connectivity index (χ3v) is 5.10. The van der Waals surface area contributed by atoms with Gasteiger partial charge in [0.05, 0.1) is 40.8 Å². The van der Waals surface area contributed by atoms with Crippen LogP contribution in [0.2, 0.25) is 5.02 Å². The Balaban J connectivity index is 1.77. The molecule has 0 unspecified atom stereocenters. The number of hydrogen-bond acceptors (Lipinski definition) is 5. The van der Waals surface area contributed by atoms with Gasteiger partial charge in [-0.2, -0.15) is 0 Å². The number of halogens is 1. The number of piperidine rings is 1. The van der Waals surface area contributed by atoms with Gasteiger partial charge in [-0.3, -0.25) is 9.78 Å². The van der Waals surface area contributed by atoms with Crippen LogP contribution in [0.25, 0.3) is 0 Å². The van der Waals surface area contributed by atoms with Gasteiger partial charge in [0.1, 0.15) is 0 Å². The fourth-order valence-corrected chi connectivity index (χ4v) is 3.22. The van der Waals surface area contributed by atoms with E-state index < -0.39 is 5.97 Å². The van der Waals surface area contributed by atoms with Gasteiger partial charge in [-0.25, -0.2) is 4.79 Å². The number of aromatic nitrogens is 1. The van der Waals surface area contributed by atoms with Gasteiger partial charge in [0.25, 0.3) is 5.91 Å². The van der Waals surface area contributed by atoms with E-state index >= 15 is 0 Å². The first kappa shape index (κ1) is 19.2. The molecule has 0 aliphatic carbocycles. The Morgan fingerprint density at radius 3 is 2.63 bits per heavy atom. The van der Waals surface area contributed by atoms with Crippen molar-refractivity contribution in [2.24, 2.45) is 5.92 Å². The van der Waals surface area contributed by atoms with Crippen molar-refractivity contribution in [3.8, 4) is 0 Å². The van der Waals surface area contributed by atoms with Gasteiger partial charge < -0.3 is 15.0 Å². The molecule has 0 radical (unpaired) electrons. The molecule has 1 N–H and O–H groups in total. The van der Waals surface area contributed by atoms with E-state index in [0.717, 1.165) is 37.5 Å². The van der Waals surface area contributed by atoms with Crippen molar-refractivity contribution in [2.75, 3.05) is 30.4 Å². The minimum Gasteiger partial charge on any atom is -0.465 e. The van der Waals surface area contributed by atoms with E-state index in [1.54, 1.807) is 18.3 Å². The van der Waals surface area contributed by atoms with Crippen LogP contribution in [0.4, 0.5) is 11.4 Å². The number of carbonyl (C=O) groups is 2. The first-order chi connectivity index (χ1) is 13.0. The van der Waals surface area contributed by atoms with Crippen LogP contribution in [0, 0.1) is 5.92 Å². The molecular formula is C20H22ClN3O3. The van der Waals surface area contributed by atoms with Crippen LogP contribution in [0.1, 0.15) is 40.5 Å². The lowest BCUT2D eigenvalue weighted by molar-refractivity contribution is 0.0600. The van der Waals surface area contributed by atoms with Gasteiger partial charge in [0.15, 0.2) is 0 Å². The Bertz CT molecular complexity index is 848. The highest BCUT2D eigenvalue weighted by atomic mass is 35.5. The first-order valence-electron chi connectivity index (χ1n) is 8.87. The van der Waals surface area contributed by atoms with Crippen molar-refractivity contribution >= 4 is 34.9 Å². The summed E-state index contributed by atoms with van der Waals surface area (Å²) in [6.07, 6.45) is 5.56. The van der Waals surface area contributed by atoms with Crippen LogP contribution in [-0.4, -0.2) is 37.1 Å². The quantitative estimate of drug-likeness (QED) is 0.802. The number of esters is 1.